The van der Waals surface area contributed by atoms with Crippen LogP contribution in [-0.2, 0) is 64.5 Å². The highest BCUT2D eigenvalue weighted by molar-refractivity contribution is 7.92. The maximum Gasteiger partial charge on any atom is 0.328 e. The van der Waals surface area contributed by atoms with Crippen molar-refractivity contribution in [2.24, 2.45) is 16.7 Å². The van der Waals surface area contributed by atoms with E-state index in [4.69, 9.17) is 9.84 Å². The number of aromatic hydroxyl groups is 1. The lowest BCUT2D eigenvalue weighted by Crippen LogP contribution is -2.52. The van der Waals surface area contributed by atoms with Gasteiger partial charge in [-0.2, -0.15) is 15.3 Å². The van der Waals surface area contributed by atoms with Gasteiger partial charge < -0.3 is 20.5 Å². The van der Waals surface area contributed by atoms with Crippen molar-refractivity contribution >= 4 is 33.9 Å². The van der Waals surface area contributed by atoms with Crippen molar-refractivity contribution in [2.75, 3.05) is 7.11 Å². The molecule has 8 atom stereocenters. The van der Waals surface area contributed by atoms with Crippen LogP contribution in [0.15, 0.2) is 169 Å². The third kappa shape index (κ3) is 18.8. The highest BCUT2D eigenvalue weighted by Crippen LogP contribution is 2.62. The number of phenolic OH excluding ortho intramolecular Hbond substituents is 1. The number of rotatable bonds is 20. The van der Waals surface area contributed by atoms with Crippen molar-refractivity contribution in [1.29, 1.82) is 0 Å². The van der Waals surface area contributed by atoms with E-state index in [9.17, 15) is 49.9 Å². The lowest BCUT2D eigenvalue weighted by molar-refractivity contribution is -0.142. The van der Waals surface area contributed by atoms with Gasteiger partial charge in [-0.15, -0.1) is 0 Å². The number of sulfonamides is 1. The van der Waals surface area contributed by atoms with Gasteiger partial charge in [0.15, 0.2) is 23.0 Å². The molecule has 2 bridgehead atoms. The van der Waals surface area contributed by atoms with Gasteiger partial charge in [0.1, 0.15) is 52.3 Å². The zero-order valence-corrected chi connectivity index (χ0v) is 64.7. The summed E-state index contributed by atoms with van der Waals surface area (Å²) in [6.45, 7) is 8.59. The molecule has 2 fully saturated rings. The van der Waals surface area contributed by atoms with E-state index in [1.807, 2.05) is 49.4 Å². The first kappa shape index (κ1) is 80.6. The average molecular weight is 1570 g/mol. The summed E-state index contributed by atoms with van der Waals surface area (Å²) in [7, 11) is -2.42. The molecule has 0 spiro atoms. The van der Waals surface area contributed by atoms with Crippen LogP contribution in [0.4, 0.5) is 30.7 Å². The minimum atomic E-state index is -3.63. The smallest absolute Gasteiger partial charge is 0.328 e. The molecule has 24 heteroatoms. The number of hydrogen-bond acceptors (Lipinski definition) is 10. The summed E-state index contributed by atoms with van der Waals surface area (Å²) in [6, 6.07) is 40.3. The second-order valence-corrected chi connectivity index (χ2v) is 33.2. The number of methoxy groups -OCH3 is 1. The first-order valence-corrected chi connectivity index (χ1v) is 40.4. The number of esters is 1. The molecule has 592 valence electrons. The molecule has 15 rings (SSSR count). The van der Waals surface area contributed by atoms with Crippen molar-refractivity contribution < 1.29 is 63.4 Å². The van der Waals surface area contributed by atoms with Crippen molar-refractivity contribution in [2.45, 2.75) is 186 Å². The van der Waals surface area contributed by atoms with Gasteiger partial charge in [-0.25, -0.2) is 58.0 Å². The molecule has 5 aliphatic carbocycles. The molecule has 2 amide bonds. The van der Waals surface area contributed by atoms with Crippen LogP contribution in [0.1, 0.15) is 217 Å². The molecule has 5 N–H and O–H groups in total. The second-order valence-electron chi connectivity index (χ2n) is 31.6. The molecule has 3 aromatic heterocycles. The Bertz CT molecular complexity index is 5220. The van der Waals surface area contributed by atoms with Gasteiger partial charge >= 0.3 is 5.97 Å². The van der Waals surface area contributed by atoms with E-state index >= 15 is 8.78 Å². The highest BCUT2D eigenvalue weighted by Gasteiger charge is 2.60. The van der Waals surface area contributed by atoms with Gasteiger partial charge in [0, 0.05) is 76.2 Å². The molecular formula is C89H94F7N9O7S. The van der Waals surface area contributed by atoms with Gasteiger partial charge in [0.25, 0.3) is 11.8 Å². The number of phenols is 1. The van der Waals surface area contributed by atoms with Crippen LogP contribution in [0.5, 0.6) is 5.75 Å². The van der Waals surface area contributed by atoms with Crippen LogP contribution < -0.4 is 15.4 Å². The topological polar surface area (TPSA) is 215 Å². The number of nitrogens with zero attached hydrogens (tertiary/aromatic N) is 5. The Hall–Kier alpha value is -10.5. The minimum Gasteiger partial charge on any atom is -0.508 e. The zero-order valence-electron chi connectivity index (χ0n) is 63.9. The summed E-state index contributed by atoms with van der Waals surface area (Å²) in [4.78, 5) is 40.4. The van der Waals surface area contributed by atoms with E-state index in [0.29, 0.717) is 66.2 Å². The third-order valence-corrected chi connectivity index (χ3v) is 24.6. The first-order valence-electron chi connectivity index (χ1n) is 38.9. The van der Waals surface area contributed by atoms with Crippen LogP contribution in [0.2, 0.25) is 0 Å². The lowest BCUT2D eigenvalue weighted by atomic mass is 9.68. The van der Waals surface area contributed by atoms with Crippen LogP contribution in [-0.4, -0.2) is 80.3 Å². The lowest BCUT2D eigenvalue weighted by Gasteiger charge is -2.43. The van der Waals surface area contributed by atoms with E-state index in [2.05, 4.69) is 51.4 Å². The zero-order chi connectivity index (χ0) is 79.9. The highest BCUT2D eigenvalue weighted by atomic mass is 32.2. The summed E-state index contributed by atoms with van der Waals surface area (Å²) < 4.78 is 135. The minimum absolute atomic E-state index is 0.0175. The Kier molecular flexibility index (Phi) is 24.9. The van der Waals surface area contributed by atoms with Crippen LogP contribution in [0, 0.1) is 57.5 Å². The Morgan fingerprint density at radius 2 is 1.11 bits per heavy atom. The second kappa shape index (κ2) is 34.9. The van der Waals surface area contributed by atoms with E-state index in [0.717, 1.165) is 140 Å². The first-order chi connectivity index (χ1) is 54.2. The summed E-state index contributed by atoms with van der Waals surface area (Å²) in [5, 5.41) is 33.7. The quantitative estimate of drug-likeness (QED) is 0.0276. The number of fused-ring (bicyclic) bond motifs is 5. The van der Waals surface area contributed by atoms with Crippen LogP contribution in [0.25, 0.3) is 17.5 Å². The largest absolute Gasteiger partial charge is 0.508 e. The number of H-pyrrole nitrogens is 1. The number of aromatic nitrogens is 6. The number of benzene rings is 7. The fourth-order valence-electron chi connectivity index (χ4n) is 17.9. The Labute approximate surface area is 654 Å². The third-order valence-electron chi connectivity index (χ3n) is 23.4. The predicted octanol–water partition coefficient (Wildman–Crippen LogP) is 18.1. The molecule has 5 unspecified atom stereocenters. The number of aromatic amines is 1. The standard InChI is InChI=1S/C32H30F3N3O4.C32H36F3N3O.C25H28FN3O2S/c1-42-32(41)27(17-19-9-12-24(39)13-10-19)36-31(40)29-25-8-3-2-6-21(15-20-5-4-7-22(33)16-20)30(25)38(37-29)28-14-11-23(34)18-26(28)35;1-31(2)21-14-15-32(3,18-21)30(31)36-29(39)27-24-7-5-4-6-20(16-19-8-10-22(33)11-9-19)28(24)38(37-27)26-13-12-23(34)17-25(26)35;1-18(20-9-3-2-4-10-20)29-32(30,31)15-14-24-23-13-6-5-11-21(25(23)28-27-24)16-19-8-7-12-22(26)17-19/h4-5,7,9-14,16,18,21,27,39H,2-3,6,8,15,17H2,1H3,(H,36,40);8-13,17,20-21,30H,4-7,14-16,18H2,1-3H3,(H,36,39);2-4,7-10,12,14-15,17-18,21,29H,5-6,11,13,16H2,1H3,(H,27,28)/b;;15-14+/t21?,27-;20?,21?,30-,32?;18-,21?/m110/s1. The van der Waals surface area contributed by atoms with Gasteiger partial charge in [-0.3, -0.25) is 14.7 Å². The predicted molar refractivity (Wildman–Crippen MR) is 418 cm³/mol. The summed E-state index contributed by atoms with van der Waals surface area (Å²) in [5.41, 5.74) is 10.3. The van der Waals surface area contributed by atoms with E-state index in [1.165, 1.54) is 89.0 Å². The number of carbonyl (C=O) groups excluding carboxylic acids is 3. The molecule has 16 nitrogen and oxygen atoms in total. The van der Waals surface area contributed by atoms with Crippen molar-refractivity contribution in [3.8, 4) is 17.1 Å². The van der Waals surface area contributed by atoms with Crippen molar-refractivity contribution in [3.63, 3.8) is 0 Å². The van der Waals surface area contributed by atoms with E-state index < -0.39 is 51.2 Å². The summed E-state index contributed by atoms with van der Waals surface area (Å²) in [5.74, 6) is -4.87. The molecule has 10 aromatic rings. The molecule has 7 aromatic carbocycles. The molecule has 5 aliphatic rings. The molecule has 113 heavy (non-hydrogen) atoms. The maximum absolute atomic E-state index is 15.2. The Morgan fingerprint density at radius 3 is 1.65 bits per heavy atom. The fourth-order valence-corrected chi connectivity index (χ4v) is 18.9. The SMILES string of the molecule is CC12CCC(C1)C(C)(C)[C@H]2NC(=O)c1nn(-c2ccc(F)cc2F)c2c1CCCCC2Cc1ccc(F)cc1.COC(=O)[C@@H](Cc1ccc(O)cc1)NC(=O)c1nn(-c2ccc(F)cc2F)c2c1CCCCC2Cc1cccc(F)c1.C[C@H](NS(=O)(=O)/C=C/c1n[nH]c2c1CCCCC2Cc1cccc(F)c1)c1ccccc1. The number of amides is 2. The van der Waals surface area contributed by atoms with Gasteiger partial charge in [-0.05, 0) is 227 Å². The molecule has 0 radical (unpaired) electrons. The van der Waals surface area contributed by atoms with Gasteiger partial charge in [0.05, 0.1) is 24.2 Å². The molecule has 3 heterocycles. The van der Waals surface area contributed by atoms with E-state index in [1.54, 1.807) is 48.5 Å². The summed E-state index contributed by atoms with van der Waals surface area (Å²) >= 11 is 0. The Balaban J connectivity index is 0.000000150. The maximum atomic E-state index is 15.2. The number of halogens is 7. The summed E-state index contributed by atoms with van der Waals surface area (Å²) in [6.07, 6.45) is 16.8. The number of carbonyl (C=O) groups is 3. The monoisotopic (exact) mass is 1570 g/mol. The van der Waals surface area contributed by atoms with Gasteiger partial charge in [0.2, 0.25) is 10.0 Å². The van der Waals surface area contributed by atoms with Crippen LogP contribution >= 0.6 is 0 Å². The average Bonchev–Trinajstić information content (AvgIpc) is 1.55. The van der Waals surface area contributed by atoms with E-state index in [-0.39, 0.29) is 93.3 Å². The molecular weight excluding hydrogens is 1470 g/mol. The number of hydrogen-bond donors (Lipinski definition) is 5. The Morgan fingerprint density at radius 1 is 0.593 bits per heavy atom. The van der Waals surface area contributed by atoms with Crippen molar-refractivity contribution in [3.05, 3.63) is 289 Å². The number of ether oxygens (including phenoxy) is 1. The molecule has 2 saturated carbocycles. The van der Waals surface area contributed by atoms with Gasteiger partial charge in [-0.1, -0.05) is 119 Å². The van der Waals surface area contributed by atoms with Crippen molar-refractivity contribution in [1.82, 2.24) is 45.1 Å². The molecule has 0 aliphatic heterocycles. The normalized spacial score (nSPS) is 20.2. The fraction of sp³-hybridized carbons (Fsp3) is 0.371. The number of nitrogens with one attached hydrogen (secondary N) is 4. The molecule has 0 saturated heterocycles. The van der Waals surface area contributed by atoms with Crippen LogP contribution in [0.3, 0.4) is 0 Å².